The molecule has 0 N–H and O–H groups in total. The van der Waals surface area contributed by atoms with Crippen LogP contribution in [0.15, 0.2) is 243 Å². The molecule has 0 aliphatic carbocycles. The van der Waals surface area contributed by atoms with E-state index in [9.17, 15) is 0 Å². The van der Waals surface area contributed by atoms with Crippen molar-refractivity contribution in [2.45, 2.75) is 55.4 Å². The molecule has 0 amide bonds. The van der Waals surface area contributed by atoms with E-state index in [1.807, 2.05) is 0 Å². The summed E-state index contributed by atoms with van der Waals surface area (Å²) >= 11 is 4.69. The molecular weight excluding hydrogens is 1040 g/mol. The molecule has 0 nitrogen and oxygen atoms in total. The zero-order chi connectivity index (χ0) is 51.0. The van der Waals surface area contributed by atoms with Gasteiger partial charge in [0.25, 0.3) is 0 Å². The molecule has 12 aromatic rings. The van der Waals surface area contributed by atoms with E-state index in [1.54, 1.807) is 0 Å². The van der Waals surface area contributed by atoms with Gasteiger partial charge in [-0.3, -0.25) is 0 Å². The van der Waals surface area contributed by atoms with Gasteiger partial charge in [-0.1, -0.05) is 74.2 Å². The van der Waals surface area contributed by atoms with E-state index in [0.717, 1.165) is 0 Å². The summed E-state index contributed by atoms with van der Waals surface area (Å²) in [6, 6.07) is 86.6. The number of aryl methyl sites for hydroxylation is 8. The van der Waals surface area contributed by atoms with Gasteiger partial charge in [-0.25, -0.2) is 0 Å². The van der Waals surface area contributed by atoms with Crippen LogP contribution in [0.3, 0.4) is 0 Å². The average Bonchev–Trinajstić information content (AvgIpc) is 4.20. The van der Waals surface area contributed by atoms with Gasteiger partial charge in [0, 0.05) is 0 Å². The van der Waals surface area contributed by atoms with Gasteiger partial charge in [-0.05, 0) is 27.7 Å². The SMILES string of the molecule is Cc1cc2c(C)cccc2[cH-]1.Cc1cc2c(C)cccc2[cH-]1.Cc1cc2c(C)cccc2[cH-]1.Cc1cc2c(C)cccc2[cH-]1.[Cl-].[Cl-].[Ti+2]=[Si](c1ccccc1)c1ccccc1.[Ti+2]=[Si](c1ccccc1)c1ccccc1. The van der Waals surface area contributed by atoms with E-state index in [-0.39, 0.29) is 24.8 Å². The minimum atomic E-state index is -0.545. The molecule has 0 radical (unpaired) electrons. The van der Waals surface area contributed by atoms with Crippen molar-refractivity contribution < 1.29 is 63.2 Å². The number of benzene rings is 8. The second-order valence-electron chi connectivity index (χ2n) is 18.7. The van der Waals surface area contributed by atoms with Crippen LogP contribution < -0.4 is 45.6 Å². The summed E-state index contributed by atoms with van der Waals surface area (Å²) in [6.07, 6.45) is -1.09. The van der Waals surface area contributed by atoms with Crippen LogP contribution in [0, 0.1) is 55.4 Å². The van der Waals surface area contributed by atoms with Crippen molar-refractivity contribution in [3.05, 3.63) is 287 Å². The molecule has 0 heterocycles. The molecule has 0 aliphatic heterocycles. The topological polar surface area (TPSA) is 0 Å². The second-order valence-corrected chi connectivity index (χ2v) is 27.2. The Morgan fingerprint density at radius 2 is 0.446 bits per heavy atom. The fourth-order valence-corrected chi connectivity index (χ4v) is 14.8. The monoisotopic (exact) mass is 1100 g/mol. The van der Waals surface area contributed by atoms with E-state index in [0.29, 0.717) is 0 Å². The molecule has 6 heteroatoms. The van der Waals surface area contributed by atoms with Gasteiger partial charge < -0.3 is 24.8 Å². The number of hydrogen-bond donors (Lipinski definition) is 0. The molecule has 0 saturated heterocycles. The maximum atomic E-state index is 2.34. The van der Waals surface area contributed by atoms with E-state index in [4.69, 9.17) is 0 Å². The Bertz CT molecular complexity index is 3160. The molecule has 12 rings (SSSR count). The summed E-state index contributed by atoms with van der Waals surface area (Å²) in [5, 5.41) is 16.9. The van der Waals surface area contributed by atoms with Crippen molar-refractivity contribution in [1.29, 1.82) is 0 Å². The molecule has 0 atom stereocenters. The Morgan fingerprint density at radius 3 is 0.622 bits per heavy atom. The second kappa shape index (κ2) is 29.7. The maximum absolute atomic E-state index is 2.34. The van der Waals surface area contributed by atoms with Gasteiger partial charge in [0.05, 0.1) is 0 Å². The number of hydrogen-bond acceptors (Lipinski definition) is 0. The zero-order valence-corrected chi connectivity index (χ0v) is 50.5. The number of fused-ring (bicyclic) bond motifs is 4. The summed E-state index contributed by atoms with van der Waals surface area (Å²) < 4.78 is 0. The van der Waals surface area contributed by atoms with Crippen LogP contribution in [-0.2, 0) is 38.3 Å². The molecule has 12 aromatic carbocycles. The third kappa shape index (κ3) is 16.8. The normalized spacial score (nSPS) is 10.1. The predicted octanol–water partition coefficient (Wildman–Crippen LogP) is 9.39. The van der Waals surface area contributed by atoms with Crippen molar-refractivity contribution in [2.24, 2.45) is 0 Å². The van der Waals surface area contributed by atoms with Crippen LogP contribution in [0.4, 0.5) is 0 Å². The van der Waals surface area contributed by atoms with Crippen LogP contribution in [0.25, 0.3) is 43.1 Å². The van der Waals surface area contributed by atoms with Gasteiger partial charge in [-0.15, -0.1) is 138 Å². The third-order valence-corrected chi connectivity index (χ3v) is 21.8. The first-order chi connectivity index (χ1) is 34.8. The molecule has 0 unspecified atom stereocenters. The molecule has 0 fully saturated rings. The quantitative estimate of drug-likeness (QED) is 0.122. The Labute approximate surface area is 477 Å². The van der Waals surface area contributed by atoms with Gasteiger partial charge in [0.1, 0.15) is 0 Å². The third-order valence-electron chi connectivity index (χ3n) is 12.7. The number of halogens is 2. The zero-order valence-electron chi connectivity index (χ0n) is 43.8. The Morgan fingerprint density at radius 1 is 0.257 bits per heavy atom. The summed E-state index contributed by atoms with van der Waals surface area (Å²) in [7, 11) is 0. The van der Waals surface area contributed by atoms with Crippen molar-refractivity contribution in [1.82, 2.24) is 0 Å². The van der Waals surface area contributed by atoms with E-state index >= 15 is 0 Å². The van der Waals surface area contributed by atoms with Gasteiger partial charge in [0.15, 0.2) is 0 Å². The Hall–Kier alpha value is -5.36. The predicted molar refractivity (Wildman–Crippen MR) is 312 cm³/mol. The van der Waals surface area contributed by atoms with Gasteiger partial charge >= 0.3 is 193 Å². The fraction of sp³-hybridized carbons (Fsp3) is 0.118. The first-order valence-corrected chi connectivity index (χ1v) is 32.4. The van der Waals surface area contributed by atoms with Crippen molar-refractivity contribution in [2.75, 3.05) is 0 Å². The average molecular weight is 1100 g/mol. The first-order valence-electron chi connectivity index (χ1n) is 24.7. The molecular formula is C68H64Cl2Si2Ti2-2. The first kappa shape index (κ1) is 59.5. The van der Waals surface area contributed by atoms with Gasteiger partial charge in [-0.2, -0.15) is 24.3 Å². The molecule has 0 saturated carbocycles. The fourth-order valence-electron chi connectivity index (χ4n) is 8.92. The molecule has 0 aliphatic rings. The van der Waals surface area contributed by atoms with E-state index in [2.05, 4.69) is 336 Å². The van der Waals surface area contributed by atoms with Crippen molar-refractivity contribution in [3.63, 3.8) is 0 Å². The Kier molecular flexibility index (Phi) is 23.9. The van der Waals surface area contributed by atoms with Gasteiger partial charge in [0.2, 0.25) is 0 Å². The molecule has 74 heavy (non-hydrogen) atoms. The van der Waals surface area contributed by atoms with Crippen molar-refractivity contribution in [3.8, 4) is 0 Å². The van der Waals surface area contributed by atoms with Crippen LogP contribution in [0.2, 0.25) is 0 Å². The summed E-state index contributed by atoms with van der Waals surface area (Å²) in [6.45, 7) is 17.2. The minimum absolute atomic E-state index is 0. The summed E-state index contributed by atoms with van der Waals surface area (Å²) in [4.78, 5) is 0. The molecule has 0 spiro atoms. The molecule has 368 valence electrons. The standard InChI is InChI=1S/2C12H10Si.4C11H11.2ClH.2Ti/c2*1-3-7-11(8-4-1)13-12-9-5-2-6-10-12;4*1-8-6-10-5-3-4-9(2)11(10)7-8;;;;/h2*1-10H;4*3-7H,1-2H3;2*1H;;/q;;4*-1;;;2*+2/p-2. The van der Waals surface area contributed by atoms with Crippen LogP contribution in [0.1, 0.15) is 44.5 Å². The number of rotatable bonds is 4. The molecule has 0 aromatic heterocycles. The van der Waals surface area contributed by atoms with Crippen LogP contribution in [0.5, 0.6) is 0 Å². The van der Waals surface area contributed by atoms with Crippen LogP contribution >= 0.6 is 0 Å². The molecule has 0 bridgehead atoms. The van der Waals surface area contributed by atoms with Crippen molar-refractivity contribution >= 4 is 76.2 Å². The van der Waals surface area contributed by atoms with E-state index < -0.39 is 12.4 Å². The summed E-state index contributed by atoms with van der Waals surface area (Å²) in [5.74, 6) is 0. The van der Waals surface area contributed by atoms with Crippen LogP contribution in [-0.4, -0.2) is 12.4 Å². The summed E-state index contributed by atoms with van der Waals surface area (Å²) in [5.41, 5.74) is 10.9. The Balaban J connectivity index is 0.000000164. The van der Waals surface area contributed by atoms with E-state index in [1.165, 1.54) is 108 Å².